The number of hydrogen-bond donors (Lipinski definition) is 2. The fourth-order valence-corrected chi connectivity index (χ4v) is 2.48. The van der Waals surface area contributed by atoms with Crippen LogP contribution in [0, 0.1) is 20.8 Å². The number of ether oxygens (including phenoxy) is 1. The summed E-state index contributed by atoms with van der Waals surface area (Å²) in [5.41, 5.74) is 4.35. The van der Waals surface area contributed by atoms with Gasteiger partial charge in [-0.3, -0.25) is 14.4 Å². The van der Waals surface area contributed by atoms with Gasteiger partial charge in [0.05, 0.1) is 6.42 Å². The third-order valence-corrected chi connectivity index (χ3v) is 4.00. The number of para-hydroxylation sites is 1. The van der Waals surface area contributed by atoms with Crippen LogP contribution in [0.2, 0.25) is 0 Å². The molecule has 2 aromatic rings. The van der Waals surface area contributed by atoms with E-state index in [1.807, 2.05) is 51.1 Å². The van der Waals surface area contributed by atoms with E-state index in [4.69, 9.17) is 4.74 Å². The Kier molecular flexibility index (Phi) is 7.11. The minimum Gasteiger partial charge on any atom is -0.456 e. The van der Waals surface area contributed by atoms with E-state index < -0.39 is 11.9 Å². The topological polar surface area (TPSA) is 84.5 Å². The number of anilines is 2. The van der Waals surface area contributed by atoms with Crippen molar-refractivity contribution in [1.29, 1.82) is 0 Å². The normalized spacial score (nSPS) is 10.2. The van der Waals surface area contributed by atoms with Crippen molar-refractivity contribution in [2.75, 3.05) is 17.2 Å². The van der Waals surface area contributed by atoms with Gasteiger partial charge in [0.15, 0.2) is 6.61 Å². The number of benzene rings is 2. The Hall–Kier alpha value is -3.15. The molecule has 0 heterocycles. The van der Waals surface area contributed by atoms with Crippen LogP contribution < -0.4 is 10.6 Å². The first-order valence-corrected chi connectivity index (χ1v) is 8.73. The Balaban J connectivity index is 1.71. The van der Waals surface area contributed by atoms with Gasteiger partial charge in [0, 0.05) is 17.8 Å². The molecular formula is C21H24N2O4. The summed E-state index contributed by atoms with van der Waals surface area (Å²) in [5, 5.41) is 5.45. The molecule has 2 amide bonds. The zero-order valence-electron chi connectivity index (χ0n) is 15.8. The zero-order valence-corrected chi connectivity index (χ0v) is 15.8. The molecule has 0 atom stereocenters. The molecular weight excluding hydrogens is 344 g/mol. The number of amides is 2. The maximum Gasteiger partial charge on any atom is 0.306 e. The van der Waals surface area contributed by atoms with E-state index in [1.165, 1.54) is 0 Å². The molecule has 2 aromatic carbocycles. The van der Waals surface area contributed by atoms with Crippen molar-refractivity contribution >= 4 is 29.2 Å². The van der Waals surface area contributed by atoms with E-state index in [0.29, 0.717) is 5.69 Å². The monoisotopic (exact) mass is 368 g/mol. The lowest BCUT2D eigenvalue weighted by atomic mass is 10.1. The molecule has 0 aliphatic carbocycles. The summed E-state index contributed by atoms with van der Waals surface area (Å²) in [5.74, 6) is -1.29. The van der Waals surface area contributed by atoms with Gasteiger partial charge < -0.3 is 15.4 Å². The lowest BCUT2D eigenvalue weighted by Gasteiger charge is -2.11. The van der Waals surface area contributed by atoms with Crippen molar-refractivity contribution in [3.63, 3.8) is 0 Å². The SMILES string of the molecule is Cc1ccc(NC(=O)CCC(=O)OCC(=O)Nc2c(C)cccc2C)cc1. The maximum atomic E-state index is 12.0. The number of aryl methyl sites for hydroxylation is 3. The van der Waals surface area contributed by atoms with Crippen LogP contribution >= 0.6 is 0 Å². The van der Waals surface area contributed by atoms with Gasteiger partial charge in [-0.15, -0.1) is 0 Å². The summed E-state index contributed by atoms with van der Waals surface area (Å²) >= 11 is 0. The van der Waals surface area contributed by atoms with Gasteiger partial charge in [0.1, 0.15) is 0 Å². The molecule has 0 bridgehead atoms. The van der Waals surface area contributed by atoms with Crippen LogP contribution in [-0.4, -0.2) is 24.4 Å². The third-order valence-electron chi connectivity index (χ3n) is 4.00. The lowest BCUT2D eigenvalue weighted by molar-refractivity contribution is -0.147. The summed E-state index contributed by atoms with van der Waals surface area (Å²) < 4.78 is 4.94. The highest BCUT2D eigenvalue weighted by Gasteiger charge is 2.12. The van der Waals surface area contributed by atoms with Crippen molar-refractivity contribution in [2.24, 2.45) is 0 Å². The molecule has 0 aromatic heterocycles. The van der Waals surface area contributed by atoms with Crippen molar-refractivity contribution in [2.45, 2.75) is 33.6 Å². The summed E-state index contributed by atoms with van der Waals surface area (Å²) in [6, 6.07) is 13.1. The highest BCUT2D eigenvalue weighted by atomic mass is 16.5. The number of nitrogens with one attached hydrogen (secondary N) is 2. The molecule has 6 nitrogen and oxygen atoms in total. The van der Waals surface area contributed by atoms with Gasteiger partial charge in [0.25, 0.3) is 5.91 Å². The molecule has 0 unspecified atom stereocenters. The summed E-state index contributed by atoms with van der Waals surface area (Å²) in [6.45, 7) is 5.35. The molecule has 27 heavy (non-hydrogen) atoms. The zero-order chi connectivity index (χ0) is 19.8. The van der Waals surface area contributed by atoms with E-state index in [1.54, 1.807) is 12.1 Å². The van der Waals surface area contributed by atoms with Gasteiger partial charge in [-0.25, -0.2) is 0 Å². The molecule has 142 valence electrons. The molecule has 0 fully saturated rings. The Bertz CT molecular complexity index is 808. The molecule has 0 aliphatic heterocycles. The van der Waals surface area contributed by atoms with Crippen molar-refractivity contribution in [3.05, 3.63) is 59.2 Å². The van der Waals surface area contributed by atoms with E-state index in [9.17, 15) is 14.4 Å². The Morgan fingerprint density at radius 3 is 2.07 bits per heavy atom. The predicted octanol–water partition coefficient (Wildman–Crippen LogP) is 3.51. The summed E-state index contributed by atoms with van der Waals surface area (Å²) in [6.07, 6.45) is -0.0976. The second kappa shape index (κ2) is 9.52. The van der Waals surface area contributed by atoms with Gasteiger partial charge in [-0.1, -0.05) is 35.9 Å². The van der Waals surface area contributed by atoms with Crippen molar-refractivity contribution < 1.29 is 19.1 Å². The Labute approximate surface area is 158 Å². The Morgan fingerprint density at radius 1 is 0.815 bits per heavy atom. The first kappa shape index (κ1) is 20.2. The largest absolute Gasteiger partial charge is 0.456 e. The quantitative estimate of drug-likeness (QED) is 0.733. The minimum absolute atomic E-state index is 0.00870. The number of rotatable bonds is 7. The van der Waals surface area contributed by atoms with Crippen LogP contribution in [0.4, 0.5) is 11.4 Å². The van der Waals surface area contributed by atoms with Crippen molar-refractivity contribution in [3.8, 4) is 0 Å². The van der Waals surface area contributed by atoms with E-state index in [0.717, 1.165) is 22.4 Å². The van der Waals surface area contributed by atoms with E-state index >= 15 is 0 Å². The van der Waals surface area contributed by atoms with Gasteiger partial charge in [-0.05, 0) is 44.0 Å². The maximum absolute atomic E-state index is 12.0. The second-order valence-electron chi connectivity index (χ2n) is 6.39. The molecule has 0 saturated heterocycles. The lowest BCUT2D eigenvalue weighted by Crippen LogP contribution is -2.22. The molecule has 0 aliphatic rings. The van der Waals surface area contributed by atoms with Crippen LogP contribution in [0.25, 0.3) is 0 Å². The fraction of sp³-hybridized carbons (Fsp3) is 0.286. The predicted molar refractivity (Wildman–Crippen MR) is 105 cm³/mol. The molecule has 0 saturated carbocycles. The molecule has 6 heteroatoms. The van der Waals surface area contributed by atoms with Crippen LogP contribution in [0.5, 0.6) is 0 Å². The van der Waals surface area contributed by atoms with Gasteiger partial charge >= 0.3 is 5.97 Å². The number of carbonyl (C=O) groups excluding carboxylic acids is 3. The average molecular weight is 368 g/mol. The third kappa shape index (κ3) is 6.58. The summed E-state index contributed by atoms with van der Waals surface area (Å²) in [4.78, 5) is 35.6. The summed E-state index contributed by atoms with van der Waals surface area (Å²) in [7, 11) is 0. The van der Waals surface area contributed by atoms with E-state index in [-0.39, 0.29) is 25.4 Å². The average Bonchev–Trinajstić information content (AvgIpc) is 2.63. The standard InChI is InChI=1S/C21H24N2O4/c1-14-7-9-17(10-8-14)22-18(24)11-12-20(26)27-13-19(25)23-21-15(2)5-4-6-16(21)3/h4-10H,11-13H2,1-3H3,(H,22,24)(H,23,25). The highest BCUT2D eigenvalue weighted by Crippen LogP contribution is 2.19. The molecule has 0 spiro atoms. The van der Waals surface area contributed by atoms with Crippen LogP contribution in [0.15, 0.2) is 42.5 Å². The highest BCUT2D eigenvalue weighted by molar-refractivity contribution is 5.95. The first-order chi connectivity index (χ1) is 12.8. The number of hydrogen-bond acceptors (Lipinski definition) is 4. The van der Waals surface area contributed by atoms with Crippen LogP contribution in [-0.2, 0) is 19.1 Å². The van der Waals surface area contributed by atoms with Gasteiger partial charge in [-0.2, -0.15) is 0 Å². The fourth-order valence-electron chi connectivity index (χ4n) is 2.48. The molecule has 0 radical (unpaired) electrons. The van der Waals surface area contributed by atoms with Crippen molar-refractivity contribution in [1.82, 2.24) is 0 Å². The molecule has 2 rings (SSSR count). The number of carbonyl (C=O) groups is 3. The first-order valence-electron chi connectivity index (χ1n) is 8.73. The van der Waals surface area contributed by atoms with E-state index in [2.05, 4.69) is 10.6 Å². The Morgan fingerprint density at radius 2 is 1.44 bits per heavy atom. The number of esters is 1. The smallest absolute Gasteiger partial charge is 0.306 e. The second-order valence-corrected chi connectivity index (χ2v) is 6.39. The van der Waals surface area contributed by atoms with Gasteiger partial charge in [0.2, 0.25) is 5.91 Å². The minimum atomic E-state index is -0.592. The van der Waals surface area contributed by atoms with Crippen LogP contribution in [0.3, 0.4) is 0 Å². The molecule has 2 N–H and O–H groups in total. The van der Waals surface area contributed by atoms with Crippen LogP contribution in [0.1, 0.15) is 29.5 Å².